The summed E-state index contributed by atoms with van der Waals surface area (Å²) in [5, 5.41) is 9.01. The molecule has 1 aliphatic rings. The minimum Gasteiger partial charge on any atom is -0.481 e. The Bertz CT molecular complexity index is 1010. The van der Waals surface area contributed by atoms with Crippen molar-refractivity contribution in [2.75, 3.05) is 16.2 Å². The molecule has 0 bridgehead atoms. The third-order valence-corrected chi connectivity index (χ3v) is 5.50. The van der Waals surface area contributed by atoms with Crippen LogP contribution in [-0.4, -0.2) is 31.9 Å². The van der Waals surface area contributed by atoms with Crippen LogP contribution in [0, 0.1) is 17.6 Å². The van der Waals surface area contributed by atoms with E-state index in [1.807, 2.05) is 0 Å². The van der Waals surface area contributed by atoms with Crippen LogP contribution in [0.4, 0.5) is 20.2 Å². The molecule has 0 aromatic heterocycles. The summed E-state index contributed by atoms with van der Waals surface area (Å²) in [5.74, 6) is -4.53. The summed E-state index contributed by atoms with van der Waals surface area (Å²) < 4.78 is 53.0. The summed E-state index contributed by atoms with van der Waals surface area (Å²) in [7, 11) is -4.06. The fourth-order valence-electron chi connectivity index (χ4n) is 2.70. The molecule has 1 aliphatic heterocycles. The number of aliphatic carboxylic acids is 1. The average Bonchev–Trinajstić information content (AvgIpc) is 3.00. The maximum atomic E-state index is 13.2. The molecule has 27 heavy (non-hydrogen) atoms. The fourth-order valence-corrected chi connectivity index (χ4v) is 3.75. The van der Waals surface area contributed by atoms with Crippen molar-refractivity contribution in [2.24, 2.45) is 5.92 Å². The lowest BCUT2D eigenvalue weighted by molar-refractivity contribution is -0.141. The Balaban J connectivity index is 1.79. The van der Waals surface area contributed by atoms with E-state index in [1.54, 1.807) is 0 Å². The maximum absolute atomic E-state index is 13.2. The zero-order chi connectivity index (χ0) is 19.8. The second kappa shape index (κ2) is 6.95. The van der Waals surface area contributed by atoms with Gasteiger partial charge in [-0.15, -0.1) is 0 Å². The van der Waals surface area contributed by atoms with Gasteiger partial charge >= 0.3 is 5.97 Å². The van der Waals surface area contributed by atoms with Crippen molar-refractivity contribution in [1.82, 2.24) is 0 Å². The third-order valence-electron chi connectivity index (χ3n) is 4.10. The number of halogens is 2. The Kier molecular flexibility index (Phi) is 4.83. The van der Waals surface area contributed by atoms with Crippen molar-refractivity contribution in [1.29, 1.82) is 0 Å². The molecule has 1 atom stereocenters. The molecule has 1 amide bonds. The lowest BCUT2D eigenvalue weighted by atomic mass is 10.1. The molecule has 0 saturated carbocycles. The Morgan fingerprint density at radius 3 is 2.33 bits per heavy atom. The molecule has 2 aromatic rings. The molecule has 0 spiro atoms. The highest BCUT2D eigenvalue weighted by molar-refractivity contribution is 7.92. The van der Waals surface area contributed by atoms with Crippen molar-refractivity contribution in [2.45, 2.75) is 11.3 Å². The van der Waals surface area contributed by atoms with Crippen LogP contribution >= 0.6 is 0 Å². The first-order chi connectivity index (χ1) is 12.7. The Labute approximate surface area is 153 Å². The molecular formula is C17H14F2N2O5S. The Hall–Kier alpha value is -3.01. The molecule has 7 nitrogen and oxygen atoms in total. The van der Waals surface area contributed by atoms with E-state index in [2.05, 4.69) is 4.72 Å². The van der Waals surface area contributed by atoms with E-state index in [-0.39, 0.29) is 29.5 Å². The van der Waals surface area contributed by atoms with Crippen molar-refractivity contribution in [3.05, 3.63) is 54.1 Å². The van der Waals surface area contributed by atoms with E-state index in [4.69, 9.17) is 5.11 Å². The quantitative estimate of drug-likeness (QED) is 0.807. The standard InChI is InChI=1S/C17H14F2N2O5S/c18-14-6-1-11(8-15(14)19)20-27(25,26)13-4-2-12(3-5-13)21-9-10(17(23)24)7-16(21)22/h1-6,8,10,20H,7,9H2,(H,23,24)/t10-/m1/s1. The number of amides is 1. The molecule has 1 heterocycles. The number of anilines is 2. The van der Waals surface area contributed by atoms with E-state index >= 15 is 0 Å². The van der Waals surface area contributed by atoms with Gasteiger partial charge in [0.05, 0.1) is 16.5 Å². The average molecular weight is 396 g/mol. The number of carboxylic acid groups (broad SMARTS) is 1. The number of sulfonamides is 1. The lowest BCUT2D eigenvalue weighted by Crippen LogP contribution is -2.25. The molecule has 0 radical (unpaired) electrons. The number of benzene rings is 2. The van der Waals surface area contributed by atoms with Gasteiger partial charge in [-0.2, -0.15) is 0 Å². The van der Waals surface area contributed by atoms with Crippen LogP contribution in [0.2, 0.25) is 0 Å². The third kappa shape index (κ3) is 3.90. The normalized spacial score (nSPS) is 17.2. The van der Waals surface area contributed by atoms with Crippen LogP contribution in [0.3, 0.4) is 0 Å². The van der Waals surface area contributed by atoms with Gasteiger partial charge < -0.3 is 10.0 Å². The van der Waals surface area contributed by atoms with Gasteiger partial charge in [0.2, 0.25) is 5.91 Å². The van der Waals surface area contributed by atoms with Gasteiger partial charge in [-0.25, -0.2) is 17.2 Å². The zero-order valence-corrected chi connectivity index (χ0v) is 14.5. The first-order valence-corrected chi connectivity index (χ1v) is 9.27. The summed E-state index contributed by atoms with van der Waals surface area (Å²) in [6.07, 6.45) is -0.118. The lowest BCUT2D eigenvalue weighted by Gasteiger charge is -2.16. The Morgan fingerprint density at radius 1 is 1.11 bits per heavy atom. The second-order valence-electron chi connectivity index (χ2n) is 5.97. The van der Waals surface area contributed by atoms with Gasteiger partial charge in [-0.1, -0.05) is 0 Å². The summed E-state index contributed by atoms with van der Waals surface area (Å²) in [5.41, 5.74) is 0.229. The highest BCUT2D eigenvalue weighted by atomic mass is 32.2. The predicted molar refractivity (Wildman–Crippen MR) is 91.7 cm³/mol. The minimum atomic E-state index is -4.06. The van der Waals surface area contributed by atoms with Crippen molar-refractivity contribution in [3.8, 4) is 0 Å². The van der Waals surface area contributed by atoms with Crippen LogP contribution in [0.25, 0.3) is 0 Å². The number of nitrogens with one attached hydrogen (secondary N) is 1. The Morgan fingerprint density at radius 2 is 1.78 bits per heavy atom. The predicted octanol–water partition coefficient (Wildman–Crippen LogP) is 2.20. The monoisotopic (exact) mass is 396 g/mol. The topological polar surface area (TPSA) is 104 Å². The number of nitrogens with zero attached hydrogens (tertiary/aromatic N) is 1. The van der Waals surface area contributed by atoms with Crippen LogP contribution in [-0.2, 0) is 19.6 Å². The van der Waals surface area contributed by atoms with Crippen molar-refractivity contribution < 1.29 is 31.9 Å². The molecule has 142 valence electrons. The first-order valence-electron chi connectivity index (χ1n) is 7.78. The van der Waals surface area contributed by atoms with E-state index < -0.39 is 33.5 Å². The largest absolute Gasteiger partial charge is 0.481 e. The highest BCUT2D eigenvalue weighted by Crippen LogP contribution is 2.27. The van der Waals surface area contributed by atoms with Crippen molar-refractivity contribution in [3.63, 3.8) is 0 Å². The van der Waals surface area contributed by atoms with Crippen molar-refractivity contribution >= 4 is 33.3 Å². The smallest absolute Gasteiger partial charge is 0.308 e. The first kappa shape index (κ1) is 18.8. The van der Waals surface area contributed by atoms with Crippen LogP contribution in [0.1, 0.15) is 6.42 Å². The van der Waals surface area contributed by atoms with Gasteiger partial charge in [0, 0.05) is 24.7 Å². The van der Waals surface area contributed by atoms with E-state index in [0.29, 0.717) is 5.69 Å². The summed E-state index contributed by atoms with van der Waals surface area (Å²) in [4.78, 5) is 24.1. The minimum absolute atomic E-state index is 0.00731. The maximum Gasteiger partial charge on any atom is 0.308 e. The number of carbonyl (C=O) groups excluding carboxylic acids is 1. The van der Waals surface area contributed by atoms with Gasteiger partial charge in [-0.05, 0) is 36.4 Å². The molecule has 2 aromatic carbocycles. The SMILES string of the molecule is O=C(O)[C@@H]1CC(=O)N(c2ccc(S(=O)(=O)Nc3ccc(F)c(F)c3)cc2)C1. The molecular weight excluding hydrogens is 382 g/mol. The van der Waals surface area contributed by atoms with Gasteiger partial charge in [0.1, 0.15) is 0 Å². The van der Waals surface area contributed by atoms with E-state index in [1.165, 1.54) is 29.2 Å². The zero-order valence-electron chi connectivity index (χ0n) is 13.7. The van der Waals surface area contributed by atoms with Gasteiger partial charge in [0.25, 0.3) is 10.0 Å². The number of rotatable bonds is 5. The number of carboxylic acids is 1. The van der Waals surface area contributed by atoms with Crippen LogP contribution < -0.4 is 9.62 Å². The summed E-state index contributed by atoms with van der Waals surface area (Å²) in [6, 6.07) is 7.82. The molecule has 3 rings (SSSR count). The summed E-state index contributed by atoms with van der Waals surface area (Å²) in [6.45, 7) is 0.00731. The van der Waals surface area contributed by atoms with Gasteiger partial charge in [0.15, 0.2) is 11.6 Å². The van der Waals surface area contributed by atoms with E-state index in [0.717, 1.165) is 18.2 Å². The van der Waals surface area contributed by atoms with Gasteiger partial charge in [-0.3, -0.25) is 14.3 Å². The fraction of sp³-hybridized carbons (Fsp3) is 0.176. The number of hydrogen-bond acceptors (Lipinski definition) is 4. The molecule has 0 aliphatic carbocycles. The molecule has 10 heteroatoms. The second-order valence-corrected chi connectivity index (χ2v) is 7.65. The molecule has 1 fully saturated rings. The molecule has 0 unspecified atom stereocenters. The summed E-state index contributed by atoms with van der Waals surface area (Å²) >= 11 is 0. The van der Waals surface area contributed by atoms with Crippen LogP contribution in [0.15, 0.2) is 47.4 Å². The molecule has 2 N–H and O–H groups in total. The number of hydrogen-bond donors (Lipinski definition) is 2. The molecule has 1 saturated heterocycles. The highest BCUT2D eigenvalue weighted by Gasteiger charge is 2.35. The van der Waals surface area contributed by atoms with Crippen LogP contribution in [0.5, 0.6) is 0 Å². The number of carbonyl (C=O) groups is 2. The van der Waals surface area contributed by atoms with E-state index in [9.17, 15) is 26.8 Å².